The van der Waals surface area contributed by atoms with Gasteiger partial charge in [-0.15, -0.1) is 15.3 Å². The lowest BCUT2D eigenvalue weighted by molar-refractivity contribution is 0.276. The van der Waals surface area contributed by atoms with Crippen LogP contribution in [0.3, 0.4) is 0 Å². The zero-order chi connectivity index (χ0) is 16.4. The smallest absolute Gasteiger partial charge is 0.208 e. The zero-order valence-electron chi connectivity index (χ0n) is 13.0. The Morgan fingerprint density at radius 1 is 1.25 bits per heavy atom. The third-order valence-corrected chi connectivity index (χ3v) is 5.07. The molecular formula is C15H17N7OS. The number of hydrogen-bond acceptors (Lipinski definition) is 8. The molecule has 1 saturated heterocycles. The minimum atomic E-state index is -0.0831. The maximum absolute atomic E-state index is 9.14. The standard InChI is InChI=1S/C15H17N7OS/c23-10-11-8-22(20-17-11)12-4-3-7-21(9-12)15-19-18-14(24-15)13-5-1-2-6-16-13/h1-2,5-6,8,12,23H,3-4,7,9-10H2. The molecule has 1 N–H and O–H groups in total. The van der Waals surface area contributed by atoms with Crippen LogP contribution in [0.2, 0.25) is 0 Å². The molecule has 24 heavy (non-hydrogen) atoms. The molecule has 0 radical (unpaired) electrons. The van der Waals surface area contributed by atoms with E-state index in [1.165, 1.54) is 0 Å². The lowest BCUT2D eigenvalue weighted by atomic mass is 10.1. The Morgan fingerprint density at radius 3 is 3.00 bits per heavy atom. The number of pyridine rings is 1. The summed E-state index contributed by atoms with van der Waals surface area (Å²) in [5.41, 5.74) is 1.44. The molecule has 4 rings (SSSR count). The number of hydrogen-bond donors (Lipinski definition) is 1. The van der Waals surface area contributed by atoms with Crippen LogP contribution < -0.4 is 4.90 Å². The van der Waals surface area contributed by atoms with E-state index in [4.69, 9.17) is 5.11 Å². The van der Waals surface area contributed by atoms with Gasteiger partial charge in [0.25, 0.3) is 0 Å². The molecule has 1 aliphatic rings. The van der Waals surface area contributed by atoms with Crippen LogP contribution >= 0.6 is 11.3 Å². The van der Waals surface area contributed by atoms with Gasteiger partial charge in [0.05, 0.1) is 18.8 Å². The molecule has 3 aromatic heterocycles. The van der Waals surface area contributed by atoms with Crippen molar-refractivity contribution >= 4 is 16.5 Å². The van der Waals surface area contributed by atoms with Gasteiger partial charge in [-0.2, -0.15) is 0 Å². The second-order valence-corrected chi connectivity index (χ2v) is 6.65. The summed E-state index contributed by atoms with van der Waals surface area (Å²) in [4.78, 5) is 6.56. The first-order chi connectivity index (χ1) is 11.8. The van der Waals surface area contributed by atoms with E-state index in [0.29, 0.717) is 5.69 Å². The van der Waals surface area contributed by atoms with E-state index in [-0.39, 0.29) is 12.6 Å². The number of nitrogens with zero attached hydrogens (tertiary/aromatic N) is 7. The van der Waals surface area contributed by atoms with Crippen LogP contribution in [-0.2, 0) is 6.61 Å². The SMILES string of the molecule is OCc1cn(C2CCCN(c3nnc(-c4ccccn4)s3)C2)nn1. The van der Waals surface area contributed by atoms with Crippen LogP contribution in [0, 0.1) is 0 Å². The molecule has 0 aliphatic carbocycles. The molecule has 0 aromatic carbocycles. The van der Waals surface area contributed by atoms with Crippen molar-refractivity contribution in [3.05, 3.63) is 36.3 Å². The molecular weight excluding hydrogens is 326 g/mol. The average Bonchev–Trinajstić information content (AvgIpc) is 3.32. The topological polar surface area (TPSA) is 92.8 Å². The Hall–Kier alpha value is -2.39. The highest BCUT2D eigenvalue weighted by atomic mass is 32.1. The van der Waals surface area contributed by atoms with Crippen molar-refractivity contribution in [3.63, 3.8) is 0 Å². The van der Waals surface area contributed by atoms with Crippen molar-refractivity contribution in [2.75, 3.05) is 18.0 Å². The molecule has 1 fully saturated rings. The second kappa shape index (κ2) is 6.62. The quantitative estimate of drug-likeness (QED) is 0.768. The highest BCUT2D eigenvalue weighted by Crippen LogP contribution is 2.31. The fourth-order valence-electron chi connectivity index (χ4n) is 2.84. The Morgan fingerprint density at radius 2 is 2.21 bits per heavy atom. The number of rotatable bonds is 4. The van der Waals surface area contributed by atoms with Crippen LogP contribution in [0.1, 0.15) is 24.6 Å². The van der Waals surface area contributed by atoms with E-state index in [9.17, 15) is 0 Å². The molecule has 8 nitrogen and oxygen atoms in total. The summed E-state index contributed by atoms with van der Waals surface area (Å²) in [6, 6.07) is 6.01. The Labute approximate surface area is 142 Å². The van der Waals surface area contributed by atoms with Gasteiger partial charge in [-0.05, 0) is 25.0 Å². The van der Waals surface area contributed by atoms with E-state index >= 15 is 0 Å². The molecule has 0 amide bonds. The molecule has 9 heteroatoms. The van der Waals surface area contributed by atoms with E-state index in [2.05, 4.69) is 30.4 Å². The molecule has 0 saturated carbocycles. The van der Waals surface area contributed by atoms with Gasteiger partial charge in [0.1, 0.15) is 11.4 Å². The van der Waals surface area contributed by atoms with Crippen LogP contribution in [0.15, 0.2) is 30.6 Å². The molecule has 124 valence electrons. The molecule has 1 unspecified atom stereocenters. The Balaban J connectivity index is 1.51. The van der Waals surface area contributed by atoms with Crippen molar-refractivity contribution in [1.29, 1.82) is 0 Å². The molecule has 0 spiro atoms. The lowest BCUT2D eigenvalue weighted by Crippen LogP contribution is -2.36. The van der Waals surface area contributed by atoms with E-state index in [1.807, 2.05) is 29.1 Å². The number of aliphatic hydroxyl groups is 1. The number of aliphatic hydroxyl groups excluding tert-OH is 1. The van der Waals surface area contributed by atoms with Gasteiger partial charge in [-0.3, -0.25) is 4.98 Å². The van der Waals surface area contributed by atoms with E-state index in [1.54, 1.807) is 17.5 Å². The van der Waals surface area contributed by atoms with Gasteiger partial charge in [-0.1, -0.05) is 22.6 Å². The van der Waals surface area contributed by atoms with E-state index in [0.717, 1.165) is 41.8 Å². The summed E-state index contributed by atoms with van der Waals surface area (Å²) in [6.45, 7) is 1.68. The fraction of sp³-hybridized carbons (Fsp3) is 0.400. The number of piperidine rings is 1. The summed E-state index contributed by atoms with van der Waals surface area (Å²) < 4.78 is 1.85. The first kappa shape index (κ1) is 15.2. The monoisotopic (exact) mass is 343 g/mol. The lowest BCUT2D eigenvalue weighted by Gasteiger charge is -2.31. The van der Waals surface area contributed by atoms with Gasteiger partial charge in [-0.25, -0.2) is 4.68 Å². The van der Waals surface area contributed by atoms with Crippen LogP contribution in [0.4, 0.5) is 5.13 Å². The first-order valence-electron chi connectivity index (χ1n) is 7.85. The number of aromatic nitrogens is 6. The van der Waals surface area contributed by atoms with Gasteiger partial charge in [0.15, 0.2) is 5.01 Å². The summed E-state index contributed by atoms with van der Waals surface area (Å²) in [5, 5.41) is 27.6. The molecule has 1 aliphatic heterocycles. The minimum absolute atomic E-state index is 0.0831. The minimum Gasteiger partial charge on any atom is -0.390 e. The van der Waals surface area contributed by atoms with Gasteiger partial charge < -0.3 is 10.0 Å². The van der Waals surface area contributed by atoms with Crippen molar-refractivity contribution in [1.82, 2.24) is 30.2 Å². The van der Waals surface area contributed by atoms with Gasteiger partial charge >= 0.3 is 0 Å². The van der Waals surface area contributed by atoms with Crippen molar-refractivity contribution < 1.29 is 5.11 Å². The summed E-state index contributed by atoms with van der Waals surface area (Å²) >= 11 is 1.56. The molecule has 1 atom stereocenters. The predicted octanol–water partition coefficient (Wildman–Crippen LogP) is 1.53. The van der Waals surface area contributed by atoms with Gasteiger partial charge in [0.2, 0.25) is 5.13 Å². The normalized spacial score (nSPS) is 18.0. The van der Waals surface area contributed by atoms with Crippen LogP contribution in [0.25, 0.3) is 10.7 Å². The van der Waals surface area contributed by atoms with Crippen molar-refractivity contribution in [2.45, 2.75) is 25.5 Å². The molecule has 4 heterocycles. The predicted molar refractivity (Wildman–Crippen MR) is 89.6 cm³/mol. The first-order valence-corrected chi connectivity index (χ1v) is 8.66. The zero-order valence-corrected chi connectivity index (χ0v) is 13.8. The molecule has 0 bridgehead atoms. The van der Waals surface area contributed by atoms with Crippen molar-refractivity contribution in [2.24, 2.45) is 0 Å². The fourth-order valence-corrected chi connectivity index (χ4v) is 3.70. The molecule has 3 aromatic rings. The second-order valence-electron chi connectivity index (χ2n) is 5.69. The average molecular weight is 343 g/mol. The van der Waals surface area contributed by atoms with Crippen LogP contribution in [-0.4, -0.2) is 48.4 Å². The highest BCUT2D eigenvalue weighted by Gasteiger charge is 2.25. The summed E-state index contributed by atoms with van der Waals surface area (Å²) in [6.07, 6.45) is 5.67. The maximum Gasteiger partial charge on any atom is 0.208 e. The van der Waals surface area contributed by atoms with Crippen LogP contribution in [0.5, 0.6) is 0 Å². The summed E-state index contributed by atoms with van der Waals surface area (Å²) in [5.74, 6) is 0. The number of anilines is 1. The third kappa shape index (κ3) is 3.00. The van der Waals surface area contributed by atoms with E-state index < -0.39 is 0 Å². The Kier molecular flexibility index (Phi) is 4.18. The highest BCUT2D eigenvalue weighted by molar-refractivity contribution is 7.18. The maximum atomic E-state index is 9.14. The largest absolute Gasteiger partial charge is 0.390 e. The third-order valence-electron chi connectivity index (χ3n) is 4.06. The van der Waals surface area contributed by atoms with Crippen molar-refractivity contribution in [3.8, 4) is 10.7 Å². The van der Waals surface area contributed by atoms with Gasteiger partial charge in [0, 0.05) is 19.3 Å². The Bertz CT molecular complexity index is 803. The summed E-state index contributed by atoms with van der Waals surface area (Å²) in [7, 11) is 0.